The highest BCUT2D eigenvalue weighted by atomic mass is 16.6. The fourth-order valence-corrected chi connectivity index (χ4v) is 2.40. The minimum absolute atomic E-state index is 0.257. The summed E-state index contributed by atoms with van der Waals surface area (Å²) in [5, 5.41) is 47.3. The lowest BCUT2D eigenvalue weighted by Gasteiger charge is -2.16. The van der Waals surface area contributed by atoms with Crippen LogP contribution in [0, 0.1) is 0 Å². The van der Waals surface area contributed by atoms with Crippen molar-refractivity contribution in [1.29, 1.82) is 0 Å². The van der Waals surface area contributed by atoms with E-state index in [4.69, 9.17) is 14.3 Å². The third kappa shape index (κ3) is 3.22. The maximum absolute atomic E-state index is 12.0. The first kappa shape index (κ1) is 18.1. The Kier molecular flexibility index (Phi) is 4.37. The quantitative estimate of drug-likeness (QED) is 0.449. The Morgan fingerprint density at radius 2 is 1.85 bits per heavy atom. The molecule has 2 atom stereocenters. The van der Waals surface area contributed by atoms with Gasteiger partial charge in [-0.2, -0.15) is 0 Å². The van der Waals surface area contributed by atoms with Gasteiger partial charge in [0.05, 0.1) is 0 Å². The van der Waals surface area contributed by atoms with Gasteiger partial charge in [-0.3, -0.25) is 4.79 Å². The van der Waals surface area contributed by atoms with E-state index in [-0.39, 0.29) is 11.0 Å². The number of esters is 2. The molecule has 1 aromatic carbocycles. The highest BCUT2D eigenvalue weighted by molar-refractivity contribution is 5.91. The molecule has 0 bridgehead atoms. The molecular weight excluding hydrogens is 368 g/mol. The summed E-state index contributed by atoms with van der Waals surface area (Å²) in [6.45, 7) is -0.777. The molecule has 27 heavy (non-hydrogen) atoms. The second kappa shape index (κ2) is 6.53. The third-order valence-electron chi connectivity index (χ3n) is 3.67. The maximum atomic E-state index is 12.0. The lowest BCUT2D eigenvalue weighted by atomic mass is 10.2. The molecular formula is C16H12O11. The van der Waals surface area contributed by atoms with E-state index >= 15 is 0 Å². The van der Waals surface area contributed by atoms with Crippen molar-refractivity contribution in [1.82, 2.24) is 0 Å². The van der Waals surface area contributed by atoms with Crippen molar-refractivity contribution in [2.45, 2.75) is 12.2 Å². The Balaban J connectivity index is 1.77. The number of ether oxygens (including phenoxy) is 2. The average Bonchev–Trinajstić information content (AvgIpc) is 2.85. The molecule has 0 fully saturated rings. The van der Waals surface area contributed by atoms with Gasteiger partial charge in [-0.15, -0.1) is 0 Å². The van der Waals surface area contributed by atoms with Gasteiger partial charge in [0.15, 0.2) is 17.3 Å². The predicted octanol–water partition coefficient (Wildman–Crippen LogP) is -0.0251. The first-order chi connectivity index (χ1) is 12.7. The van der Waals surface area contributed by atoms with Crippen molar-refractivity contribution in [2.24, 2.45) is 0 Å². The van der Waals surface area contributed by atoms with Crippen LogP contribution in [0.1, 0.15) is 10.6 Å². The van der Waals surface area contributed by atoms with Gasteiger partial charge < -0.3 is 39.4 Å². The van der Waals surface area contributed by atoms with Crippen LogP contribution in [-0.2, 0) is 14.3 Å². The fourth-order valence-electron chi connectivity index (χ4n) is 2.40. The number of aliphatic hydroxyl groups excluding tert-OH is 3. The summed E-state index contributed by atoms with van der Waals surface area (Å²) in [5.41, 5.74) is -1.06. The largest absolute Gasteiger partial charge is 0.508 e. The lowest BCUT2D eigenvalue weighted by molar-refractivity contribution is -0.147. The predicted molar refractivity (Wildman–Crippen MR) is 84.3 cm³/mol. The van der Waals surface area contributed by atoms with Crippen molar-refractivity contribution in [3.05, 3.63) is 45.7 Å². The summed E-state index contributed by atoms with van der Waals surface area (Å²) >= 11 is 0. The second-order valence-electron chi connectivity index (χ2n) is 5.54. The number of carbonyl (C=O) groups is 2. The van der Waals surface area contributed by atoms with Crippen LogP contribution in [0.25, 0.3) is 11.0 Å². The number of aromatic hydroxyl groups is 2. The fraction of sp³-hybridized carbons (Fsp3) is 0.188. The summed E-state index contributed by atoms with van der Waals surface area (Å²) in [7, 11) is 0. The molecule has 0 aliphatic carbocycles. The molecule has 1 aliphatic rings. The SMILES string of the molecule is O=C1OC(C(O)COC(=O)c2cc(=O)c3c(O)cc(O)cc3o2)C(O)=C1O. The molecule has 1 aliphatic heterocycles. The number of fused-ring (bicyclic) bond motifs is 1. The van der Waals surface area contributed by atoms with Crippen LogP contribution in [0.2, 0.25) is 0 Å². The minimum Gasteiger partial charge on any atom is -0.508 e. The minimum atomic E-state index is -1.71. The number of phenols is 2. The van der Waals surface area contributed by atoms with Crippen molar-refractivity contribution in [2.75, 3.05) is 6.61 Å². The Hall–Kier alpha value is -3.73. The Bertz CT molecular complexity index is 1030. The molecule has 2 unspecified atom stereocenters. The first-order valence-electron chi connectivity index (χ1n) is 7.37. The Morgan fingerprint density at radius 1 is 1.15 bits per heavy atom. The molecule has 11 nitrogen and oxygen atoms in total. The van der Waals surface area contributed by atoms with Gasteiger partial charge in [0.1, 0.15) is 35.2 Å². The van der Waals surface area contributed by atoms with Crippen molar-refractivity contribution >= 4 is 22.9 Å². The Labute approximate surface area is 148 Å². The summed E-state index contributed by atoms with van der Waals surface area (Å²) in [6.07, 6.45) is -3.33. The summed E-state index contributed by atoms with van der Waals surface area (Å²) in [6, 6.07) is 2.67. The van der Waals surface area contributed by atoms with E-state index in [0.717, 1.165) is 18.2 Å². The summed E-state index contributed by atoms with van der Waals surface area (Å²) in [4.78, 5) is 35.1. The Morgan fingerprint density at radius 3 is 2.48 bits per heavy atom. The monoisotopic (exact) mass is 380 g/mol. The molecule has 0 saturated carbocycles. The van der Waals surface area contributed by atoms with Crippen LogP contribution in [0.3, 0.4) is 0 Å². The second-order valence-corrected chi connectivity index (χ2v) is 5.54. The molecule has 0 spiro atoms. The molecule has 0 radical (unpaired) electrons. The van der Waals surface area contributed by atoms with E-state index in [0.29, 0.717) is 0 Å². The summed E-state index contributed by atoms with van der Waals surface area (Å²) < 4.78 is 14.4. The van der Waals surface area contributed by atoms with E-state index in [9.17, 15) is 34.8 Å². The number of benzene rings is 1. The van der Waals surface area contributed by atoms with E-state index < -0.39 is 65.0 Å². The molecule has 1 aromatic heterocycles. The van der Waals surface area contributed by atoms with Gasteiger partial charge in [-0.05, 0) is 0 Å². The van der Waals surface area contributed by atoms with Crippen molar-refractivity contribution < 1.29 is 49.0 Å². The van der Waals surface area contributed by atoms with Gasteiger partial charge in [-0.1, -0.05) is 0 Å². The van der Waals surface area contributed by atoms with Crippen molar-refractivity contribution in [3.8, 4) is 11.5 Å². The molecule has 0 amide bonds. The summed E-state index contributed by atoms with van der Waals surface area (Å²) in [5.74, 6) is -5.95. The number of hydrogen-bond donors (Lipinski definition) is 5. The van der Waals surface area contributed by atoms with Gasteiger partial charge in [-0.25, -0.2) is 9.59 Å². The zero-order valence-corrected chi connectivity index (χ0v) is 13.3. The van der Waals surface area contributed by atoms with Gasteiger partial charge in [0, 0.05) is 18.2 Å². The molecule has 142 valence electrons. The number of phenolic OH excluding ortho intramolecular Hbond substituents is 2. The van der Waals surface area contributed by atoms with Crippen molar-refractivity contribution in [3.63, 3.8) is 0 Å². The molecule has 0 saturated heterocycles. The van der Waals surface area contributed by atoms with Gasteiger partial charge in [0.25, 0.3) is 0 Å². The van der Waals surface area contributed by atoms with E-state index in [2.05, 4.69) is 4.74 Å². The maximum Gasteiger partial charge on any atom is 0.377 e. The van der Waals surface area contributed by atoms with Crippen LogP contribution in [0.5, 0.6) is 11.5 Å². The number of hydrogen-bond acceptors (Lipinski definition) is 11. The standard InChI is InChI=1S/C16H12O11/c17-5-1-6(18)11-7(19)3-10(26-9(11)2-5)15(23)25-4-8(20)14-12(21)13(22)16(24)27-14/h1-3,8,14,17-18,20-22H,4H2. The van der Waals surface area contributed by atoms with Gasteiger partial charge >= 0.3 is 11.9 Å². The lowest BCUT2D eigenvalue weighted by Crippen LogP contribution is -2.33. The zero-order chi connectivity index (χ0) is 19.9. The molecule has 2 heterocycles. The van der Waals surface area contributed by atoms with Crippen LogP contribution >= 0.6 is 0 Å². The highest BCUT2D eigenvalue weighted by Gasteiger charge is 2.39. The highest BCUT2D eigenvalue weighted by Crippen LogP contribution is 2.28. The number of carbonyl (C=O) groups excluding carboxylic acids is 2. The average molecular weight is 380 g/mol. The first-order valence-corrected chi connectivity index (χ1v) is 7.37. The normalized spacial score (nSPS) is 17.8. The third-order valence-corrected chi connectivity index (χ3v) is 3.67. The van der Waals surface area contributed by atoms with E-state index in [1.807, 2.05) is 0 Å². The van der Waals surface area contributed by atoms with Crippen LogP contribution in [0.15, 0.2) is 38.9 Å². The number of cyclic esters (lactones) is 1. The number of aliphatic hydroxyl groups is 3. The van der Waals surface area contributed by atoms with E-state index in [1.54, 1.807) is 0 Å². The smallest absolute Gasteiger partial charge is 0.377 e. The molecule has 11 heteroatoms. The number of rotatable bonds is 4. The van der Waals surface area contributed by atoms with Crippen LogP contribution in [0.4, 0.5) is 0 Å². The van der Waals surface area contributed by atoms with E-state index in [1.165, 1.54) is 0 Å². The van der Waals surface area contributed by atoms with Crippen LogP contribution in [-0.4, -0.2) is 56.3 Å². The van der Waals surface area contributed by atoms with Crippen LogP contribution < -0.4 is 5.43 Å². The zero-order valence-electron chi connectivity index (χ0n) is 13.3. The molecule has 5 N–H and O–H groups in total. The van der Waals surface area contributed by atoms with Gasteiger partial charge in [0.2, 0.25) is 11.5 Å². The topological polar surface area (TPSA) is 184 Å². The molecule has 2 aromatic rings. The molecule has 3 rings (SSSR count).